The molecule has 148 valence electrons. The summed E-state index contributed by atoms with van der Waals surface area (Å²) in [7, 11) is 0. The van der Waals surface area contributed by atoms with Crippen molar-refractivity contribution in [3.05, 3.63) is 52.7 Å². The van der Waals surface area contributed by atoms with E-state index in [9.17, 15) is 26.7 Å². The molecule has 0 radical (unpaired) electrons. The summed E-state index contributed by atoms with van der Waals surface area (Å²) in [5.41, 5.74) is 0. The number of halogens is 5. The van der Waals surface area contributed by atoms with E-state index in [1.807, 2.05) is 6.92 Å². The van der Waals surface area contributed by atoms with Crippen molar-refractivity contribution in [3.63, 3.8) is 0 Å². The van der Waals surface area contributed by atoms with Crippen LogP contribution in [0.4, 0.5) is 22.0 Å². The molecule has 0 aliphatic carbocycles. The lowest BCUT2D eigenvalue weighted by atomic mass is 10.2. The van der Waals surface area contributed by atoms with Crippen LogP contribution in [0.15, 0.2) is 16.5 Å². The van der Waals surface area contributed by atoms with Crippen LogP contribution in [0, 0.1) is 29.1 Å². The van der Waals surface area contributed by atoms with Crippen molar-refractivity contribution in [1.82, 2.24) is 5.32 Å². The molecule has 1 heterocycles. The van der Waals surface area contributed by atoms with Gasteiger partial charge in [-0.1, -0.05) is 0 Å². The van der Waals surface area contributed by atoms with E-state index in [0.717, 1.165) is 0 Å². The Labute approximate surface area is 151 Å². The van der Waals surface area contributed by atoms with Gasteiger partial charge in [0.15, 0.2) is 11.5 Å². The first-order chi connectivity index (χ1) is 12.9. The molecule has 1 N–H and O–H groups in total. The van der Waals surface area contributed by atoms with E-state index in [0.29, 0.717) is 26.2 Å². The lowest BCUT2D eigenvalue weighted by molar-refractivity contribution is 0.0912. The molecule has 27 heavy (non-hydrogen) atoms. The van der Waals surface area contributed by atoms with E-state index in [-0.39, 0.29) is 11.5 Å². The molecule has 0 unspecified atom stereocenters. The maximum Gasteiger partial charge on any atom is 0.286 e. The number of hydrogen-bond acceptors (Lipinski definition) is 4. The van der Waals surface area contributed by atoms with E-state index in [4.69, 9.17) is 9.15 Å². The van der Waals surface area contributed by atoms with E-state index >= 15 is 0 Å². The number of carbonyl (C=O) groups is 1. The molecule has 10 heteroatoms. The van der Waals surface area contributed by atoms with Gasteiger partial charge in [0.1, 0.15) is 12.4 Å². The standard InChI is InChI=1S/C17H16F5NO4/c1-2-25-7-3-6-23-17(24)10-5-4-9(27-10)8-26-16-14(21)12(19)11(18)13(20)15(16)22/h4-5H,2-3,6-8H2,1H3,(H,23,24). The molecule has 1 aromatic heterocycles. The zero-order chi connectivity index (χ0) is 20.0. The Balaban J connectivity index is 1.96. The second-order valence-electron chi connectivity index (χ2n) is 5.26. The van der Waals surface area contributed by atoms with Gasteiger partial charge in [-0.05, 0) is 25.5 Å². The van der Waals surface area contributed by atoms with Gasteiger partial charge >= 0.3 is 0 Å². The summed E-state index contributed by atoms with van der Waals surface area (Å²) in [5.74, 6) is -12.8. The third kappa shape index (κ3) is 4.97. The third-order valence-electron chi connectivity index (χ3n) is 3.37. The van der Waals surface area contributed by atoms with Gasteiger partial charge in [-0.15, -0.1) is 0 Å². The van der Waals surface area contributed by atoms with Gasteiger partial charge in [0.25, 0.3) is 5.91 Å². The van der Waals surface area contributed by atoms with Crippen LogP contribution in [0.1, 0.15) is 29.7 Å². The molecule has 2 aromatic rings. The fourth-order valence-electron chi connectivity index (χ4n) is 2.04. The van der Waals surface area contributed by atoms with E-state index in [2.05, 4.69) is 10.1 Å². The summed E-state index contributed by atoms with van der Waals surface area (Å²) in [6, 6.07) is 2.57. The van der Waals surface area contributed by atoms with Crippen molar-refractivity contribution in [2.24, 2.45) is 0 Å². The van der Waals surface area contributed by atoms with E-state index in [1.165, 1.54) is 12.1 Å². The highest BCUT2D eigenvalue weighted by Gasteiger charge is 2.27. The summed E-state index contributed by atoms with van der Waals surface area (Å²) in [6.45, 7) is 2.60. The molecule has 0 saturated carbocycles. The van der Waals surface area contributed by atoms with Gasteiger partial charge in [0, 0.05) is 19.8 Å². The maximum absolute atomic E-state index is 13.5. The Hall–Kier alpha value is -2.62. The summed E-state index contributed by atoms with van der Waals surface area (Å²) >= 11 is 0. The van der Waals surface area contributed by atoms with Gasteiger partial charge in [-0.3, -0.25) is 4.79 Å². The van der Waals surface area contributed by atoms with Gasteiger partial charge in [-0.25, -0.2) is 13.2 Å². The molecule has 0 aliphatic heterocycles. The summed E-state index contributed by atoms with van der Waals surface area (Å²) < 4.78 is 81.1. The van der Waals surface area contributed by atoms with Crippen LogP contribution < -0.4 is 10.1 Å². The van der Waals surface area contributed by atoms with Crippen LogP contribution in [0.2, 0.25) is 0 Å². The Morgan fingerprint density at radius 1 is 1.04 bits per heavy atom. The topological polar surface area (TPSA) is 60.7 Å². The fourth-order valence-corrected chi connectivity index (χ4v) is 2.04. The molecule has 0 saturated heterocycles. The number of furan rings is 1. The quantitative estimate of drug-likeness (QED) is 0.305. The predicted molar refractivity (Wildman–Crippen MR) is 82.7 cm³/mol. The smallest absolute Gasteiger partial charge is 0.286 e. The Kier molecular flexibility index (Phi) is 7.17. The van der Waals surface area contributed by atoms with Crippen LogP contribution in [0.25, 0.3) is 0 Å². The monoisotopic (exact) mass is 393 g/mol. The van der Waals surface area contributed by atoms with Gasteiger partial charge in [0.05, 0.1) is 0 Å². The highest BCUT2D eigenvalue weighted by atomic mass is 19.2. The van der Waals surface area contributed by atoms with Gasteiger partial charge < -0.3 is 19.2 Å². The summed E-state index contributed by atoms with van der Waals surface area (Å²) in [5, 5.41) is 2.57. The lowest BCUT2D eigenvalue weighted by Gasteiger charge is -2.09. The number of amides is 1. The zero-order valence-corrected chi connectivity index (χ0v) is 14.2. The molecule has 0 aliphatic rings. The Morgan fingerprint density at radius 2 is 1.67 bits per heavy atom. The van der Waals surface area contributed by atoms with Crippen molar-refractivity contribution in [2.45, 2.75) is 20.0 Å². The molecule has 2 rings (SSSR count). The SMILES string of the molecule is CCOCCCNC(=O)c1ccc(COc2c(F)c(F)c(F)c(F)c2F)o1. The van der Waals surface area contributed by atoms with Crippen LogP contribution in [0.3, 0.4) is 0 Å². The Bertz CT molecular complexity index is 780. The lowest BCUT2D eigenvalue weighted by Crippen LogP contribution is -2.24. The predicted octanol–water partition coefficient (Wildman–Crippen LogP) is 3.71. The van der Waals surface area contributed by atoms with Crippen molar-refractivity contribution in [3.8, 4) is 5.75 Å². The molecule has 0 atom stereocenters. The van der Waals surface area contributed by atoms with Gasteiger partial charge in [-0.2, -0.15) is 8.78 Å². The Morgan fingerprint density at radius 3 is 2.30 bits per heavy atom. The molecule has 1 amide bonds. The molecule has 1 aromatic carbocycles. The average Bonchev–Trinajstić information content (AvgIpc) is 3.13. The average molecular weight is 393 g/mol. The number of nitrogens with one attached hydrogen (secondary N) is 1. The first-order valence-corrected chi connectivity index (χ1v) is 7.95. The van der Waals surface area contributed by atoms with Crippen LogP contribution in [-0.2, 0) is 11.3 Å². The van der Waals surface area contributed by atoms with Crippen molar-refractivity contribution in [2.75, 3.05) is 19.8 Å². The van der Waals surface area contributed by atoms with Crippen molar-refractivity contribution in [1.29, 1.82) is 0 Å². The second-order valence-corrected chi connectivity index (χ2v) is 5.26. The maximum atomic E-state index is 13.5. The number of ether oxygens (including phenoxy) is 2. The molecule has 5 nitrogen and oxygen atoms in total. The molecular formula is C17H16F5NO4. The minimum Gasteiger partial charge on any atom is -0.479 e. The fraction of sp³-hybridized carbons (Fsp3) is 0.353. The first-order valence-electron chi connectivity index (χ1n) is 7.95. The highest BCUT2D eigenvalue weighted by molar-refractivity contribution is 5.91. The molecule has 0 bridgehead atoms. The van der Waals surface area contributed by atoms with Crippen LogP contribution in [0.5, 0.6) is 5.75 Å². The van der Waals surface area contributed by atoms with Crippen molar-refractivity contribution >= 4 is 5.91 Å². The minimum atomic E-state index is -2.28. The van der Waals surface area contributed by atoms with E-state index < -0.39 is 47.3 Å². The van der Waals surface area contributed by atoms with Crippen molar-refractivity contribution < 1.29 is 40.6 Å². The minimum absolute atomic E-state index is 0.0431. The third-order valence-corrected chi connectivity index (χ3v) is 3.37. The molecular weight excluding hydrogens is 377 g/mol. The second kappa shape index (κ2) is 9.36. The van der Waals surface area contributed by atoms with Crippen LogP contribution >= 0.6 is 0 Å². The summed E-state index contributed by atoms with van der Waals surface area (Å²) in [4.78, 5) is 11.9. The van der Waals surface area contributed by atoms with Crippen LogP contribution in [-0.4, -0.2) is 25.7 Å². The van der Waals surface area contributed by atoms with Gasteiger partial charge in [0.2, 0.25) is 29.1 Å². The number of benzene rings is 1. The first kappa shape index (κ1) is 20.7. The number of carbonyl (C=O) groups excluding carboxylic acids is 1. The molecule has 0 spiro atoms. The largest absolute Gasteiger partial charge is 0.479 e. The number of hydrogen-bond donors (Lipinski definition) is 1. The normalized spacial score (nSPS) is 10.9. The highest BCUT2D eigenvalue weighted by Crippen LogP contribution is 2.29. The summed E-state index contributed by atoms with van der Waals surface area (Å²) in [6.07, 6.45) is 0.594. The number of rotatable bonds is 9. The van der Waals surface area contributed by atoms with E-state index in [1.54, 1.807) is 0 Å². The molecule has 0 fully saturated rings. The zero-order valence-electron chi connectivity index (χ0n) is 14.2.